The zero-order valence-electron chi connectivity index (χ0n) is 22.2. The van der Waals surface area contributed by atoms with Crippen molar-refractivity contribution in [1.82, 2.24) is 20.4 Å². The summed E-state index contributed by atoms with van der Waals surface area (Å²) < 4.78 is 0. The standard InChI is InChI=1S/C21H28N4O2.2C5H5.2Fe/c26-20-15-21(27)23-10-12-25(17-19-7-3-4-8-19)14-13-24(11-9-22-20)16-18-5-1-2-6-18;2*1-2-4-5-3-1;;/h1-8H,9-17H2,(H,22,26)(H,23,27);2*1-5H;;/q;;;2*+2. The van der Waals surface area contributed by atoms with E-state index in [2.05, 4.69) is 71.8 Å². The van der Waals surface area contributed by atoms with Crippen molar-refractivity contribution in [3.05, 3.63) is 127 Å². The van der Waals surface area contributed by atoms with Gasteiger partial charge in [-0.15, -0.1) is 0 Å². The first-order valence-corrected chi connectivity index (χ1v) is 12.9. The van der Waals surface area contributed by atoms with E-state index >= 15 is 0 Å². The number of amides is 2. The molecule has 1 saturated heterocycles. The summed E-state index contributed by atoms with van der Waals surface area (Å²) in [6.45, 7) is 6.19. The van der Waals surface area contributed by atoms with Crippen LogP contribution < -0.4 is 10.6 Å². The minimum atomic E-state index is -0.214. The van der Waals surface area contributed by atoms with Gasteiger partial charge in [0, 0.05) is 52.4 Å². The molecule has 206 valence electrons. The predicted molar refractivity (Wildman–Crippen MR) is 147 cm³/mol. The third-order valence-electron chi connectivity index (χ3n) is 5.94. The Morgan fingerprint density at radius 1 is 0.487 bits per heavy atom. The zero-order valence-corrected chi connectivity index (χ0v) is 24.4. The summed E-state index contributed by atoms with van der Waals surface area (Å²) in [5, 5.41) is 5.71. The molecule has 0 unspecified atom stereocenters. The molecule has 0 aromatic rings. The first-order chi connectivity index (χ1) is 18.2. The number of carbonyl (C=O) groups is 2. The number of carbonyl (C=O) groups excluding carboxylic acids is 2. The average molecular weight is 610 g/mol. The Balaban J connectivity index is 0.000000529. The van der Waals surface area contributed by atoms with Crippen LogP contribution in [0.2, 0.25) is 0 Å². The second-order valence-corrected chi connectivity index (χ2v) is 8.94. The Morgan fingerprint density at radius 2 is 0.795 bits per heavy atom. The fraction of sp³-hybridized carbons (Fsp3) is 0.290. The molecule has 0 atom stereocenters. The van der Waals surface area contributed by atoms with E-state index in [9.17, 15) is 9.59 Å². The molecule has 5 rings (SSSR count). The molecule has 2 N–H and O–H groups in total. The van der Waals surface area contributed by atoms with E-state index in [0.717, 1.165) is 39.3 Å². The number of rotatable bonds is 4. The van der Waals surface area contributed by atoms with Gasteiger partial charge >= 0.3 is 34.1 Å². The van der Waals surface area contributed by atoms with Gasteiger partial charge in [-0.25, -0.2) is 0 Å². The maximum Gasteiger partial charge on any atom is 2.00 e. The van der Waals surface area contributed by atoms with Crippen molar-refractivity contribution in [3.8, 4) is 0 Å². The average Bonchev–Trinajstić information content (AvgIpc) is 3.72. The van der Waals surface area contributed by atoms with E-state index in [4.69, 9.17) is 0 Å². The summed E-state index contributed by atoms with van der Waals surface area (Å²) in [4.78, 5) is 28.5. The quantitative estimate of drug-likeness (QED) is 0.379. The van der Waals surface area contributed by atoms with Gasteiger partial charge in [-0.3, -0.25) is 19.4 Å². The third-order valence-corrected chi connectivity index (χ3v) is 5.94. The van der Waals surface area contributed by atoms with Gasteiger partial charge in [0.15, 0.2) is 0 Å². The van der Waals surface area contributed by atoms with Crippen LogP contribution in [0, 0.1) is 127 Å². The van der Waals surface area contributed by atoms with E-state index in [1.54, 1.807) is 0 Å². The van der Waals surface area contributed by atoms with Crippen LogP contribution in [0.5, 0.6) is 0 Å². The summed E-state index contributed by atoms with van der Waals surface area (Å²) in [5.74, 6) is 2.14. The Bertz CT molecular complexity index is 552. The van der Waals surface area contributed by atoms with Crippen LogP contribution in [0.4, 0.5) is 0 Å². The molecule has 6 nitrogen and oxygen atoms in total. The van der Waals surface area contributed by atoms with Crippen molar-refractivity contribution in [1.29, 1.82) is 0 Å². The van der Waals surface area contributed by atoms with Crippen molar-refractivity contribution < 1.29 is 43.7 Å². The van der Waals surface area contributed by atoms with Gasteiger partial charge in [0.2, 0.25) is 11.8 Å². The molecule has 5 aliphatic rings. The molecule has 1 aliphatic heterocycles. The number of hydrogen-bond acceptors (Lipinski definition) is 4. The molecule has 39 heavy (non-hydrogen) atoms. The predicted octanol–water partition coefficient (Wildman–Crippen LogP) is 2.07. The van der Waals surface area contributed by atoms with E-state index < -0.39 is 0 Å². The van der Waals surface area contributed by atoms with Gasteiger partial charge in [0.05, 0.1) is 0 Å². The second-order valence-electron chi connectivity index (χ2n) is 8.94. The van der Waals surface area contributed by atoms with Gasteiger partial charge in [-0.2, -0.15) is 0 Å². The van der Waals surface area contributed by atoms with Crippen LogP contribution in [0.15, 0.2) is 0 Å². The maximum absolute atomic E-state index is 11.9. The molecule has 4 aliphatic carbocycles. The monoisotopic (exact) mass is 610 g/mol. The van der Waals surface area contributed by atoms with Crippen LogP contribution in [0.1, 0.15) is 6.42 Å². The molecule has 8 heteroatoms. The fourth-order valence-corrected chi connectivity index (χ4v) is 4.00. The molecular formula is C31H38Fe2N4O2+4. The summed E-state index contributed by atoms with van der Waals surface area (Å²) in [6.07, 6.45) is 36.6. The number of nitrogens with zero attached hydrogens (tertiary/aromatic N) is 2. The summed E-state index contributed by atoms with van der Waals surface area (Å²) in [5.41, 5.74) is 0. The summed E-state index contributed by atoms with van der Waals surface area (Å²) in [7, 11) is 0. The molecule has 0 aromatic carbocycles. The fourth-order valence-electron chi connectivity index (χ4n) is 4.00. The van der Waals surface area contributed by atoms with E-state index in [-0.39, 0.29) is 52.4 Å². The Kier molecular flexibility index (Phi) is 22.2. The van der Waals surface area contributed by atoms with Crippen molar-refractivity contribution >= 4 is 11.8 Å². The van der Waals surface area contributed by atoms with Gasteiger partial charge in [-0.1, -0.05) is 0 Å². The SMILES string of the molecule is O=C1CC(=O)NCCN(C[C]2[CH][CH][CH][CH]2)CCN(C[C]2[CH][CH][CH][CH]2)CCN1.[CH]1[CH][CH][CH][CH]1.[CH]1[CH][CH][CH][CH]1.[Fe+2].[Fe+2]. The van der Waals surface area contributed by atoms with Crippen molar-refractivity contribution in [2.45, 2.75) is 6.42 Å². The minimum absolute atomic E-state index is 0. The van der Waals surface area contributed by atoms with Crippen LogP contribution in [-0.4, -0.2) is 74.0 Å². The van der Waals surface area contributed by atoms with Gasteiger partial charge < -0.3 is 10.6 Å². The second kappa shape index (κ2) is 23.5. The number of nitrogens with one attached hydrogen (secondary N) is 2. The topological polar surface area (TPSA) is 64.7 Å². The van der Waals surface area contributed by atoms with Gasteiger partial charge in [-0.05, 0) is 127 Å². The van der Waals surface area contributed by atoms with Crippen molar-refractivity contribution in [3.63, 3.8) is 0 Å². The first-order valence-electron chi connectivity index (χ1n) is 12.9. The van der Waals surface area contributed by atoms with Crippen molar-refractivity contribution in [2.75, 3.05) is 52.4 Å². The molecule has 20 radical (unpaired) electrons. The number of hydrogen-bond donors (Lipinski definition) is 2. The molecule has 4 saturated carbocycles. The Hall–Kier alpha value is -0.101. The minimum Gasteiger partial charge on any atom is -0.354 e. The molecular weight excluding hydrogens is 572 g/mol. The molecule has 0 spiro atoms. The molecule has 0 aromatic heterocycles. The summed E-state index contributed by atoms with van der Waals surface area (Å²) >= 11 is 0. The van der Waals surface area contributed by atoms with Gasteiger partial charge in [0.1, 0.15) is 6.42 Å². The van der Waals surface area contributed by atoms with E-state index in [1.807, 2.05) is 64.2 Å². The normalized spacial score (nSPS) is 24.3. The summed E-state index contributed by atoms with van der Waals surface area (Å²) in [6, 6.07) is 0. The Morgan fingerprint density at radius 3 is 1.10 bits per heavy atom. The zero-order chi connectivity index (χ0) is 26.0. The molecule has 0 bridgehead atoms. The molecule has 1 heterocycles. The smallest absolute Gasteiger partial charge is 0.354 e. The largest absolute Gasteiger partial charge is 2.00 e. The van der Waals surface area contributed by atoms with Crippen LogP contribution >= 0.6 is 0 Å². The van der Waals surface area contributed by atoms with E-state index in [1.165, 1.54) is 11.8 Å². The first kappa shape index (κ1) is 36.9. The van der Waals surface area contributed by atoms with E-state index in [0.29, 0.717) is 13.1 Å². The van der Waals surface area contributed by atoms with Crippen molar-refractivity contribution in [2.24, 2.45) is 0 Å². The van der Waals surface area contributed by atoms with Gasteiger partial charge in [0.25, 0.3) is 0 Å². The maximum atomic E-state index is 11.9. The Labute approximate surface area is 261 Å². The van der Waals surface area contributed by atoms with Crippen LogP contribution in [0.25, 0.3) is 0 Å². The molecule has 5 fully saturated rings. The third kappa shape index (κ3) is 17.5. The molecule has 2 amide bonds. The van der Waals surface area contributed by atoms with Crippen LogP contribution in [-0.2, 0) is 43.7 Å². The van der Waals surface area contributed by atoms with Crippen LogP contribution in [0.3, 0.4) is 0 Å².